The van der Waals surface area contributed by atoms with E-state index in [1.54, 1.807) is 35.6 Å². The van der Waals surface area contributed by atoms with Crippen LogP contribution >= 0.6 is 11.8 Å². The summed E-state index contributed by atoms with van der Waals surface area (Å²) in [5.74, 6) is 0.851. The van der Waals surface area contributed by atoms with Crippen molar-refractivity contribution in [3.63, 3.8) is 0 Å². The molecule has 0 aliphatic carbocycles. The van der Waals surface area contributed by atoms with Crippen molar-refractivity contribution in [2.24, 2.45) is 7.05 Å². The highest BCUT2D eigenvalue weighted by Gasteiger charge is 2.09. The lowest BCUT2D eigenvalue weighted by Gasteiger charge is -2.04. The number of nitrogen functional groups attached to an aromatic ring is 1. The predicted octanol–water partition coefficient (Wildman–Crippen LogP) is 0.700. The fourth-order valence-electron chi connectivity index (χ4n) is 1.17. The summed E-state index contributed by atoms with van der Waals surface area (Å²) in [7, 11) is 1.81. The summed E-state index contributed by atoms with van der Waals surface area (Å²) in [6, 6.07) is 1.68. The van der Waals surface area contributed by atoms with Crippen LogP contribution in [0.3, 0.4) is 0 Å². The maximum atomic E-state index is 11.6. The highest BCUT2D eigenvalue weighted by molar-refractivity contribution is 7.98. The summed E-state index contributed by atoms with van der Waals surface area (Å²) in [6.45, 7) is 0.686. The monoisotopic (exact) mass is 213 g/mol. The number of aromatic nitrogens is 1. The van der Waals surface area contributed by atoms with Gasteiger partial charge in [-0.05, 0) is 12.3 Å². The van der Waals surface area contributed by atoms with Crippen molar-refractivity contribution in [2.75, 3.05) is 24.3 Å². The molecule has 0 aromatic carbocycles. The number of carbonyl (C=O) groups excluding carboxylic acids is 1. The molecule has 14 heavy (non-hydrogen) atoms. The Labute approximate surface area is 87.8 Å². The largest absolute Gasteiger partial charge is 0.397 e. The Hall–Kier alpha value is -1.10. The van der Waals surface area contributed by atoms with E-state index >= 15 is 0 Å². The number of hydrogen-bond donors (Lipinski definition) is 2. The Kier molecular flexibility index (Phi) is 3.88. The van der Waals surface area contributed by atoms with Crippen molar-refractivity contribution >= 4 is 23.4 Å². The molecule has 0 radical (unpaired) electrons. The van der Waals surface area contributed by atoms with Gasteiger partial charge in [0.2, 0.25) is 0 Å². The number of nitrogens with one attached hydrogen (secondary N) is 1. The molecule has 0 aliphatic heterocycles. The van der Waals surface area contributed by atoms with Crippen molar-refractivity contribution in [3.05, 3.63) is 18.0 Å². The Morgan fingerprint density at radius 3 is 2.93 bits per heavy atom. The van der Waals surface area contributed by atoms with E-state index in [2.05, 4.69) is 5.32 Å². The minimum absolute atomic E-state index is 0.0711. The van der Waals surface area contributed by atoms with Gasteiger partial charge in [-0.15, -0.1) is 0 Å². The van der Waals surface area contributed by atoms with Crippen molar-refractivity contribution in [3.8, 4) is 0 Å². The van der Waals surface area contributed by atoms with Crippen LogP contribution in [0.25, 0.3) is 0 Å². The highest BCUT2D eigenvalue weighted by atomic mass is 32.2. The zero-order valence-corrected chi connectivity index (χ0v) is 9.23. The van der Waals surface area contributed by atoms with E-state index in [0.717, 1.165) is 5.75 Å². The molecule has 1 aromatic rings. The zero-order chi connectivity index (χ0) is 10.6. The topological polar surface area (TPSA) is 60.1 Å². The van der Waals surface area contributed by atoms with Gasteiger partial charge in [-0.2, -0.15) is 11.8 Å². The molecule has 1 heterocycles. The molecule has 0 spiro atoms. The Balaban J connectivity index is 2.56. The average molecular weight is 213 g/mol. The van der Waals surface area contributed by atoms with Crippen LogP contribution in [0.15, 0.2) is 12.3 Å². The molecule has 3 N–H and O–H groups in total. The van der Waals surface area contributed by atoms with E-state index in [0.29, 0.717) is 17.9 Å². The fourth-order valence-corrected chi connectivity index (χ4v) is 1.48. The van der Waals surface area contributed by atoms with E-state index in [1.165, 1.54) is 0 Å². The van der Waals surface area contributed by atoms with Crippen molar-refractivity contribution in [1.29, 1.82) is 0 Å². The normalized spacial score (nSPS) is 10.1. The predicted molar refractivity (Wildman–Crippen MR) is 60.5 cm³/mol. The number of carbonyl (C=O) groups is 1. The van der Waals surface area contributed by atoms with Crippen LogP contribution in [0.5, 0.6) is 0 Å². The van der Waals surface area contributed by atoms with Crippen molar-refractivity contribution < 1.29 is 4.79 Å². The van der Waals surface area contributed by atoms with Gasteiger partial charge in [0.25, 0.3) is 5.91 Å². The van der Waals surface area contributed by atoms with Gasteiger partial charge in [0.15, 0.2) is 0 Å². The molecule has 0 atom stereocenters. The van der Waals surface area contributed by atoms with E-state index in [1.807, 2.05) is 6.26 Å². The number of nitrogens with zero attached hydrogens (tertiary/aromatic N) is 1. The number of nitrogens with two attached hydrogens (primary N) is 1. The molecule has 0 unspecified atom stereocenters. The van der Waals surface area contributed by atoms with Gasteiger partial charge in [-0.3, -0.25) is 4.79 Å². The first-order valence-electron chi connectivity index (χ1n) is 4.34. The molecule has 78 valence electrons. The average Bonchev–Trinajstić information content (AvgIpc) is 2.45. The van der Waals surface area contributed by atoms with Gasteiger partial charge in [-0.1, -0.05) is 0 Å². The van der Waals surface area contributed by atoms with Gasteiger partial charge in [-0.25, -0.2) is 0 Å². The lowest BCUT2D eigenvalue weighted by atomic mass is 10.4. The molecule has 0 saturated carbocycles. The van der Waals surface area contributed by atoms with Crippen LogP contribution in [0.1, 0.15) is 10.5 Å². The molecule has 0 bridgehead atoms. The van der Waals surface area contributed by atoms with Crippen molar-refractivity contribution in [2.45, 2.75) is 0 Å². The second-order valence-electron chi connectivity index (χ2n) is 3.02. The molecule has 0 saturated heterocycles. The first-order chi connectivity index (χ1) is 6.65. The fraction of sp³-hybridized carbons (Fsp3) is 0.444. The van der Waals surface area contributed by atoms with Gasteiger partial charge >= 0.3 is 0 Å². The lowest BCUT2D eigenvalue weighted by Crippen LogP contribution is -2.27. The lowest BCUT2D eigenvalue weighted by molar-refractivity contribution is 0.0948. The highest BCUT2D eigenvalue weighted by Crippen LogP contribution is 2.08. The van der Waals surface area contributed by atoms with Crippen LogP contribution in [0.4, 0.5) is 5.69 Å². The van der Waals surface area contributed by atoms with Gasteiger partial charge in [0.05, 0.1) is 5.69 Å². The molecule has 1 rings (SSSR count). The summed E-state index contributed by atoms with van der Waals surface area (Å²) < 4.78 is 1.73. The number of amides is 1. The van der Waals surface area contributed by atoms with Crippen LogP contribution in [-0.4, -0.2) is 29.0 Å². The summed E-state index contributed by atoms with van der Waals surface area (Å²) in [5.41, 5.74) is 6.78. The standard InChI is InChI=1S/C9H15N3OS/c1-12-6-7(10)5-8(12)9(13)11-3-4-14-2/h5-6H,3-4,10H2,1-2H3,(H,11,13). The quantitative estimate of drug-likeness (QED) is 0.724. The smallest absolute Gasteiger partial charge is 0.268 e. The summed E-state index contributed by atoms with van der Waals surface area (Å²) >= 11 is 1.70. The maximum Gasteiger partial charge on any atom is 0.268 e. The molecular formula is C9H15N3OS. The third-order valence-electron chi connectivity index (χ3n) is 1.85. The molecular weight excluding hydrogens is 198 g/mol. The molecule has 1 amide bonds. The molecule has 0 aliphatic rings. The Bertz CT molecular complexity index is 322. The number of aryl methyl sites for hydroxylation is 1. The van der Waals surface area contributed by atoms with E-state index < -0.39 is 0 Å². The Morgan fingerprint density at radius 2 is 2.43 bits per heavy atom. The summed E-state index contributed by atoms with van der Waals surface area (Å²) in [6.07, 6.45) is 3.73. The second kappa shape index (κ2) is 4.95. The molecule has 4 nitrogen and oxygen atoms in total. The second-order valence-corrected chi connectivity index (χ2v) is 4.00. The minimum atomic E-state index is -0.0711. The van der Waals surface area contributed by atoms with E-state index in [-0.39, 0.29) is 5.91 Å². The molecule has 5 heteroatoms. The van der Waals surface area contributed by atoms with Crippen LogP contribution in [0.2, 0.25) is 0 Å². The number of hydrogen-bond acceptors (Lipinski definition) is 3. The molecule has 1 aromatic heterocycles. The SMILES string of the molecule is CSCCNC(=O)c1cc(N)cn1C. The Morgan fingerprint density at radius 1 is 1.71 bits per heavy atom. The minimum Gasteiger partial charge on any atom is -0.397 e. The summed E-state index contributed by atoms with van der Waals surface area (Å²) in [4.78, 5) is 11.6. The number of anilines is 1. The van der Waals surface area contributed by atoms with E-state index in [9.17, 15) is 4.79 Å². The first-order valence-corrected chi connectivity index (χ1v) is 5.73. The van der Waals surface area contributed by atoms with E-state index in [4.69, 9.17) is 5.73 Å². The van der Waals surface area contributed by atoms with Crippen LogP contribution in [0, 0.1) is 0 Å². The molecule has 0 fully saturated rings. The summed E-state index contributed by atoms with van der Waals surface area (Å²) in [5, 5.41) is 2.82. The maximum absolute atomic E-state index is 11.6. The van der Waals surface area contributed by atoms with Crippen molar-refractivity contribution in [1.82, 2.24) is 9.88 Å². The van der Waals surface area contributed by atoms with Gasteiger partial charge in [0.1, 0.15) is 5.69 Å². The third-order valence-corrected chi connectivity index (χ3v) is 2.46. The van der Waals surface area contributed by atoms with Gasteiger partial charge in [0, 0.05) is 25.5 Å². The van der Waals surface area contributed by atoms with Crippen LogP contribution < -0.4 is 11.1 Å². The van der Waals surface area contributed by atoms with Crippen LogP contribution in [-0.2, 0) is 7.05 Å². The number of thioether (sulfide) groups is 1. The number of rotatable bonds is 4. The zero-order valence-electron chi connectivity index (χ0n) is 8.41. The van der Waals surface area contributed by atoms with Gasteiger partial charge < -0.3 is 15.6 Å². The first kappa shape index (κ1) is 11.0. The third kappa shape index (κ3) is 2.70.